The van der Waals surface area contributed by atoms with Crippen molar-refractivity contribution < 1.29 is 13.2 Å². The average Bonchev–Trinajstić information content (AvgIpc) is 2.40. The molecule has 128 valence electrons. The van der Waals surface area contributed by atoms with E-state index in [1.165, 1.54) is 0 Å². The first-order valence-corrected chi connectivity index (χ1v) is 11.5. The van der Waals surface area contributed by atoms with Crippen LogP contribution in [0.5, 0.6) is 0 Å². The molecule has 4 nitrogen and oxygen atoms in total. The van der Waals surface area contributed by atoms with E-state index in [9.17, 15) is 13.2 Å². The van der Waals surface area contributed by atoms with E-state index in [0.717, 1.165) is 16.3 Å². The van der Waals surface area contributed by atoms with Gasteiger partial charge in [-0.3, -0.25) is 4.79 Å². The van der Waals surface area contributed by atoms with E-state index >= 15 is 0 Å². The fraction of sp³-hybridized carbons (Fsp3) is 0.188. The molecule has 2 rings (SSSR count). The maximum atomic E-state index is 12.7. The van der Waals surface area contributed by atoms with Crippen molar-refractivity contribution in [3.63, 3.8) is 0 Å². The molecule has 24 heavy (non-hydrogen) atoms. The largest absolute Gasteiger partial charge is 0.268 e. The number of nitrogens with one attached hydrogen (secondary N) is 1. The zero-order chi connectivity index (χ0) is 18.2. The molecule has 1 N–H and O–H groups in total. The predicted octanol–water partition coefficient (Wildman–Crippen LogP) is 4.54. The van der Waals surface area contributed by atoms with E-state index in [4.69, 9.17) is 0 Å². The monoisotopic (exact) mass is 681 g/mol. The molecule has 0 fully saturated rings. The normalized spacial score (nSPS) is 11.4. The van der Waals surface area contributed by atoms with Gasteiger partial charge in [0.1, 0.15) is 0 Å². The lowest BCUT2D eigenvalue weighted by Crippen LogP contribution is -2.32. The van der Waals surface area contributed by atoms with E-state index in [0.29, 0.717) is 16.7 Å². The number of sulfonamides is 1. The van der Waals surface area contributed by atoms with E-state index in [1.54, 1.807) is 32.0 Å². The first-order chi connectivity index (χ1) is 11.0. The third-order valence-corrected chi connectivity index (χ3v) is 8.64. The number of amides is 1. The Kier molecular flexibility index (Phi) is 6.57. The highest BCUT2D eigenvalue weighted by Crippen LogP contribution is 2.25. The van der Waals surface area contributed by atoms with Crippen LogP contribution in [-0.4, -0.2) is 14.3 Å². The third-order valence-electron chi connectivity index (χ3n) is 3.34. The fourth-order valence-electron chi connectivity index (χ4n) is 2.54. The number of rotatable bonds is 3. The Morgan fingerprint density at radius 1 is 0.958 bits per heavy atom. The second-order valence-corrected chi connectivity index (χ2v) is 10.5. The lowest BCUT2D eigenvalue weighted by Gasteiger charge is -2.14. The van der Waals surface area contributed by atoms with Crippen LogP contribution in [0.15, 0.2) is 29.2 Å². The quantitative estimate of drug-likeness (QED) is 0.383. The molecule has 8 heteroatoms. The van der Waals surface area contributed by atoms with Gasteiger partial charge < -0.3 is 0 Å². The molecule has 0 aliphatic carbocycles. The predicted molar refractivity (Wildman–Crippen MR) is 120 cm³/mol. The van der Waals surface area contributed by atoms with Crippen LogP contribution in [0.1, 0.15) is 27.0 Å². The lowest BCUT2D eigenvalue weighted by atomic mass is 10.1. The second-order valence-electron chi connectivity index (χ2n) is 5.41. The molecule has 0 aliphatic rings. The minimum Gasteiger partial charge on any atom is -0.268 e. The fourth-order valence-corrected chi connectivity index (χ4v) is 6.36. The van der Waals surface area contributed by atoms with Gasteiger partial charge in [-0.2, -0.15) is 0 Å². The van der Waals surface area contributed by atoms with Crippen molar-refractivity contribution in [2.75, 3.05) is 0 Å². The van der Waals surface area contributed by atoms with Crippen LogP contribution in [-0.2, 0) is 10.0 Å². The van der Waals surface area contributed by atoms with Gasteiger partial charge in [0.15, 0.2) is 0 Å². The van der Waals surface area contributed by atoms with Crippen LogP contribution in [0, 0.1) is 31.5 Å². The highest BCUT2D eigenvalue weighted by Gasteiger charge is 2.24. The number of benzene rings is 2. The average molecular weight is 681 g/mol. The summed E-state index contributed by atoms with van der Waals surface area (Å²) in [5, 5.41) is 0. The number of hydrogen-bond acceptors (Lipinski definition) is 3. The Bertz CT molecular complexity index is 917. The topological polar surface area (TPSA) is 63.2 Å². The van der Waals surface area contributed by atoms with Crippen LogP contribution in [0.25, 0.3) is 0 Å². The number of carbonyl (C=O) groups is 1. The molecule has 0 aromatic heterocycles. The van der Waals surface area contributed by atoms with Crippen LogP contribution in [0.3, 0.4) is 0 Å². The summed E-state index contributed by atoms with van der Waals surface area (Å²) in [4.78, 5) is 12.7. The molecular formula is C16H14I3NO3S. The Morgan fingerprint density at radius 2 is 1.50 bits per heavy atom. The summed E-state index contributed by atoms with van der Waals surface area (Å²) in [6.45, 7) is 5.37. The smallest absolute Gasteiger partial charge is 0.266 e. The van der Waals surface area contributed by atoms with E-state index < -0.39 is 15.9 Å². The first kappa shape index (κ1) is 20.4. The summed E-state index contributed by atoms with van der Waals surface area (Å²) in [5.74, 6) is -0.616. The van der Waals surface area contributed by atoms with E-state index in [1.807, 2.05) is 13.0 Å². The molecule has 2 aromatic carbocycles. The van der Waals surface area contributed by atoms with Crippen molar-refractivity contribution in [2.24, 2.45) is 0 Å². The number of hydrogen-bond donors (Lipinski definition) is 1. The zero-order valence-electron chi connectivity index (χ0n) is 13.1. The minimum absolute atomic E-state index is 0.164. The van der Waals surface area contributed by atoms with Gasteiger partial charge in [0, 0.05) is 10.7 Å². The van der Waals surface area contributed by atoms with Crippen molar-refractivity contribution >= 4 is 83.7 Å². The summed E-state index contributed by atoms with van der Waals surface area (Å²) >= 11 is 6.29. The van der Waals surface area contributed by atoms with Gasteiger partial charge in [-0.15, -0.1) is 0 Å². The van der Waals surface area contributed by atoms with E-state index in [2.05, 4.69) is 72.5 Å². The van der Waals surface area contributed by atoms with Gasteiger partial charge in [0.05, 0.1) is 10.5 Å². The molecule has 0 aliphatic heterocycles. The Morgan fingerprint density at radius 3 is 2.04 bits per heavy atom. The van der Waals surface area contributed by atoms with Crippen LogP contribution >= 0.6 is 67.8 Å². The highest BCUT2D eigenvalue weighted by molar-refractivity contribution is 14.1. The molecule has 1 amide bonds. The Hall–Kier alpha value is 0.0500. The minimum atomic E-state index is -3.94. The molecule has 2 aromatic rings. The SMILES string of the molecule is Cc1cc(C)c(S(=O)(=O)NC(=O)c2cc(I)cc(I)c2I)c(C)c1. The zero-order valence-corrected chi connectivity index (χ0v) is 20.4. The second kappa shape index (κ2) is 7.74. The molecule has 0 spiro atoms. The van der Waals surface area contributed by atoms with Gasteiger partial charge in [-0.1, -0.05) is 17.7 Å². The first-order valence-electron chi connectivity index (χ1n) is 6.82. The van der Waals surface area contributed by atoms with Gasteiger partial charge >= 0.3 is 0 Å². The van der Waals surface area contributed by atoms with E-state index in [-0.39, 0.29) is 4.90 Å². The molecule has 0 unspecified atom stereocenters. The summed E-state index contributed by atoms with van der Waals surface area (Å²) in [6.07, 6.45) is 0. The van der Waals surface area contributed by atoms with Crippen LogP contribution < -0.4 is 4.72 Å². The van der Waals surface area contributed by atoms with Crippen molar-refractivity contribution in [1.82, 2.24) is 4.72 Å². The summed E-state index contributed by atoms with van der Waals surface area (Å²) in [5.41, 5.74) is 2.59. The van der Waals surface area contributed by atoms with Gasteiger partial charge in [0.2, 0.25) is 0 Å². The van der Waals surface area contributed by atoms with Gasteiger partial charge in [-0.05, 0) is 112 Å². The maximum absolute atomic E-state index is 12.7. The van der Waals surface area contributed by atoms with Crippen molar-refractivity contribution in [1.29, 1.82) is 0 Å². The van der Waals surface area contributed by atoms with Crippen LogP contribution in [0.4, 0.5) is 0 Å². The lowest BCUT2D eigenvalue weighted by molar-refractivity contribution is 0.0980. The summed E-state index contributed by atoms with van der Waals surface area (Å²) in [6, 6.07) is 7.21. The van der Waals surface area contributed by atoms with Crippen LogP contribution in [0.2, 0.25) is 0 Å². The summed E-state index contributed by atoms with van der Waals surface area (Å²) in [7, 11) is -3.94. The van der Waals surface area contributed by atoms with Gasteiger partial charge in [0.25, 0.3) is 15.9 Å². The Labute approximate surface area is 182 Å². The molecule has 0 heterocycles. The molecule has 0 bridgehead atoms. The number of aryl methyl sites for hydroxylation is 3. The molecule has 0 atom stereocenters. The maximum Gasteiger partial charge on any atom is 0.266 e. The van der Waals surface area contributed by atoms with Crippen molar-refractivity contribution in [3.05, 3.63) is 57.2 Å². The molecule has 0 saturated carbocycles. The third kappa shape index (κ3) is 4.41. The van der Waals surface area contributed by atoms with Crippen molar-refractivity contribution in [3.8, 4) is 0 Å². The standard InChI is InChI=1S/C16H14I3NO3S/c1-8-4-9(2)15(10(3)5-8)24(22,23)20-16(21)12-6-11(17)7-13(18)14(12)19/h4-7H,1-3H3,(H,20,21). The highest BCUT2D eigenvalue weighted by atomic mass is 127. The van der Waals surface area contributed by atoms with Gasteiger partial charge in [-0.25, -0.2) is 13.1 Å². The molecule has 0 saturated heterocycles. The molecule has 0 radical (unpaired) electrons. The van der Waals surface area contributed by atoms with Crippen molar-refractivity contribution in [2.45, 2.75) is 25.7 Å². The summed E-state index contributed by atoms with van der Waals surface area (Å²) < 4.78 is 30.2. The Balaban J connectivity index is 2.46. The number of halogens is 3. The number of carbonyl (C=O) groups excluding carboxylic acids is 1. The molecular weight excluding hydrogens is 667 g/mol.